The number of amides is 1. The van der Waals surface area contributed by atoms with Crippen molar-refractivity contribution in [2.75, 3.05) is 23.7 Å². The summed E-state index contributed by atoms with van der Waals surface area (Å²) >= 11 is 0. The summed E-state index contributed by atoms with van der Waals surface area (Å²) in [6.07, 6.45) is 3.09. The lowest BCUT2D eigenvalue weighted by molar-refractivity contribution is -0.120. The van der Waals surface area contributed by atoms with E-state index in [9.17, 15) is 13.2 Å². The Kier molecular flexibility index (Phi) is 7.67. The molecule has 0 aromatic heterocycles. The summed E-state index contributed by atoms with van der Waals surface area (Å²) in [6, 6.07) is 16.0. The van der Waals surface area contributed by atoms with Gasteiger partial charge in [-0.25, -0.2) is 8.42 Å². The number of rotatable bonds is 10. The third-order valence-electron chi connectivity index (χ3n) is 3.90. The lowest BCUT2D eigenvalue weighted by Gasteiger charge is -2.24. The van der Waals surface area contributed by atoms with Gasteiger partial charge in [-0.2, -0.15) is 0 Å². The summed E-state index contributed by atoms with van der Waals surface area (Å²) in [4.78, 5) is 12.0. The minimum atomic E-state index is -3.58. The van der Waals surface area contributed by atoms with Crippen molar-refractivity contribution in [3.05, 3.63) is 54.6 Å². The summed E-state index contributed by atoms with van der Waals surface area (Å²) in [7, 11) is -3.58. The number of nitrogens with zero attached hydrogens (tertiary/aromatic N) is 1. The van der Waals surface area contributed by atoms with Crippen molar-refractivity contribution in [1.82, 2.24) is 5.32 Å². The predicted molar refractivity (Wildman–Crippen MR) is 108 cm³/mol. The molecule has 0 aliphatic rings. The van der Waals surface area contributed by atoms with Gasteiger partial charge in [0.05, 0.1) is 11.9 Å². The topological polar surface area (TPSA) is 75.7 Å². The van der Waals surface area contributed by atoms with Gasteiger partial charge in [0.2, 0.25) is 15.9 Å². The summed E-state index contributed by atoms with van der Waals surface area (Å²) in [5.74, 6) is 0.856. The lowest BCUT2D eigenvalue weighted by Crippen LogP contribution is -2.35. The molecule has 27 heavy (non-hydrogen) atoms. The predicted octanol–water partition coefficient (Wildman–Crippen LogP) is 3.55. The SMILES string of the molecule is CCCCNC(=O)CCN(c1ccccc1Oc1ccccc1)S(C)(=O)=O. The highest BCUT2D eigenvalue weighted by Crippen LogP contribution is 2.33. The van der Waals surface area contributed by atoms with Crippen LogP contribution in [0, 0.1) is 0 Å². The van der Waals surface area contributed by atoms with E-state index in [4.69, 9.17) is 4.74 Å². The molecule has 0 heterocycles. The molecule has 2 aromatic carbocycles. The molecule has 1 N–H and O–H groups in total. The molecule has 6 nitrogen and oxygen atoms in total. The smallest absolute Gasteiger partial charge is 0.232 e. The van der Waals surface area contributed by atoms with Crippen molar-refractivity contribution in [2.45, 2.75) is 26.2 Å². The molecule has 2 aromatic rings. The van der Waals surface area contributed by atoms with Crippen molar-refractivity contribution < 1.29 is 17.9 Å². The minimum Gasteiger partial charge on any atom is -0.455 e. The summed E-state index contributed by atoms with van der Waals surface area (Å²) in [5.41, 5.74) is 0.408. The number of carbonyl (C=O) groups is 1. The zero-order chi connectivity index (χ0) is 19.7. The zero-order valence-electron chi connectivity index (χ0n) is 15.7. The maximum Gasteiger partial charge on any atom is 0.232 e. The van der Waals surface area contributed by atoms with Crippen molar-refractivity contribution in [1.29, 1.82) is 0 Å². The molecule has 0 fully saturated rings. The molecule has 0 spiro atoms. The highest BCUT2D eigenvalue weighted by molar-refractivity contribution is 7.92. The number of hydrogen-bond acceptors (Lipinski definition) is 4. The highest BCUT2D eigenvalue weighted by atomic mass is 32.2. The van der Waals surface area contributed by atoms with Crippen LogP contribution in [0.2, 0.25) is 0 Å². The Morgan fingerprint density at radius 2 is 1.74 bits per heavy atom. The second-order valence-electron chi connectivity index (χ2n) is 6.17. The molecule has 0 aliphatic carbocycles. The highest BCUT2D eigenvalue weighted by Gasteiger charge is 2.22. The van der Waals surface area contributed by atoms with E-state index in [-0.39, 0.29) is 18.9 Å². The number of benzene rings is 2. The van der Waals surface area contributed by atoms with Crippen LogP contribution in [0.3, 0.4) is 0 Å². The number of carbonyl (C=O) groups excluding carboxylic acids is 1. The minimum absolute atomic E-state index is 0.0476. The Morgan fingerprint density at radius 3 is 2.41 bits per heavy atom. The van der Waals surface area contributed by atoms with Crippen LogP contribution in [0.5, 0.6) is 11.5 Å². The van der Waals surface area contributed by atoms with E-state index in [1.807, 2.05) is 25.1 Å². The van der Waals surface area contributed by atoms with Crippen molar-refractivity contribution in [3.63, 3.8) is 0 Å². The number of ether oxygens (including phenoxy) is 1. The zero-order valence-corrected chi connectivity index (χ0v) is 16.5. The van der Waals surface area contributed by atoms with Gasteiger partial charge < -0.3 is 10.1 Å². The van der Waals surface area contributed by atoms with E-state index in [2.05, 4.69) is 5.32 Å². The summed E-state index contributed by atoms with van der Waals surface area (Å²) < 4.78 is 31.8. The van der Waals surface area contributed by atoms with Gasteiger partial charge in [-0.1, -0.05) is 43.7 Å². The molecule has 0 radical (unpaired) electrons. The van der Waals surface area contributed by atoms with Gasteiger partial charge in [-0.15, -0.1) is 0 Å². The van der Waals surface area contributed by atoms with Crippen LogP contribution in [0.25, 0.3) is 0 Å². The largest absolute Gasteiger partial charge is 0.455 e. The first kappa shape index (κ1) is 20.8. The number of para-hydroxylation sites is 3. The molecule has 0 aliphatic heterocycles. The van der Waals surface area contributed by atoms with Gasteiger partial charge in [0.1, 0.15) is 5.75 Å². The second kappa shape index (κ2) is 9.97. The first-order valence-electron chi connectivity index (χ1n) is 8.98. The van der Waals surface area contributed by atoms with E-state index < -0.39 is 10.0 Å². The Morgan fingerprint density at radius 1 is 1.07 bits per heavy atom. The van der Waals surface area contributed by atoms with Crippen molar-refractivity contribution >= 4 is 21.6 Å². The van der Waals surface area contributed by atoms with Crippen LogP contribution < -0.4 is 14.4 Å². The van der Waals surface area contributed by atoms with Crippen LogP contribution in [0.15, 0.2) is 54.6 Å². The summed E-state index contributed by atoms with van der Waals surface area (Å²) in [6.45, 7) is 2.69. The second-order valence-corrected chi connectivity index (χ2v) is 8.08. The molecule has 0 atom stereocenters. The van der Waals surface area contributed by atoms with Gasteiger partial charge in [0, 0.05) is 19.5 Å². The number of nitrogens with one attached hydrogen (secondary N) is 1. The van der Waals surface area contributed by atoms with E-state index >= 15 is 0 Å². The van der Waals surface area contributed by atoms with Gasteiger partial charge in [-0.3, -0.25) is 9.10 Å². The fraction of sp³-hybridized carbons (Fsp3) is 0.350. The Labute approximate surface area is 161 Å². The van der Waals surface area contributed by atoms with Crippen LogP contribution >= 0.6 is 0 Å². The van der Waals surface area contributed by atoms with E-state index in [1.54, 1.807) is 36.4 Å². The van der Waals surface area contributed by atoms with Crippen LogP contribution in [0.1, 0.15) is 26.2 Å². The molecule has 0 saturated heterocycles. The molecule has 0 unspecified atom stereocenters. The normalized spacial score (nSPS) is 11.0. The maximum atomic E-state index is 12.3. The quantitative estimate of drug-likeness (QED) is 0.630. The number of unbranched alkanes of at least 4 members (excludes halogenated alkanes) is 1. The third-order valence-corrected chi connectivity index (χ3v) is 5.08. The first-order valence-corrected chi connectivity index (χ1v) is 10.8. The van der Waals surface area contributed by atoms with Gasteiger partial charge >= 0.3 is 0 Å². The molecule has 1 amide bonds. The molecule has 2 rings (SSSR count). The first-order chi connectivity index (χ1) is 12.9. The average molecular weight is 391 g/mol. The number of anilines is 1. The maximum absolute atomic E-state index is 12.3. The molecule has 146 valence electrons. The third kappa shape index (κ3) is 6.60. The fourth-order valence-corrected chi connectivity index (χ4v) is 3.46. The van der Waals surface area contributed by atoms with Gasteiger partial charge in [0.25, 0.3) is 0 Å². The Hall–Kier alpha value is -2.54. The molecule has 7 heteroatoms. The van der Waals surface area contributed by atoms with Crippen molar-refractivity contribution in [3.8, 4) is 11.5 Å². The Balaban J connectivity index is 2.18. The van der Waals surface area contributed by atoms with Crippen LogP contribution in [0.4, 0.5) is 5.69 Å². The summed E-state index contributed by atoms with van der Waals surface area (Å²) in [5, 5.41) is 2.80. The molecule has 0 saturated carbocycles. The molecular formula is C20H26N2O4S. The van der Waals surface area contributed by atoms with E-state index in [0.29, 0.717) is 23.7 Å². The fourth-order valence-electron chi connectivity index (χ4n) is 2.53. The number of hydrogen-bond donors (Lipinski definition) is 1. The van der Waals surface area contributed by atoms with E-state index in [1.165, 1.54) is 4.31 Å². The van der Waals surface area contributed by atoms with Crippen molar-refractivity contribution in [2.24, 2.45) is 0 Å². The van der Waals surface area contributed by atoms with Gasteiger partial charge in [-0.05, 0) is 30.7 Å². The van der Waals surface area contributed by atoms with Gasteiger partial charge in [0.15, 0.2) is 5.75 Å². The average Bonchev–Trinajstić information content (AvgIpc) is 2.63. The number of sulfonamides is 1. The Bertz CT molecular complexity index is 838. The monoisotopic (exact) mass is 390 g/mol. The lowest BCUT2D eigenvalue weighted by atomic mass is 10.2. The van der Waals surface area contributed by atoms with Crippen LogP contribution in [-0.4, -0.2) is 33.7 Å². The molecule has 0 bridgehead atoms. The standard InChI is InChI=1S/C20H26N2O4S/c1-3-4-15-21-20(23)14-16-22(27(2,24)25)18-12-8-9-13-19(18)26-17-10-6-5-7-11-17/h5-13H,3-4,14-16H2,1-2H3,(H,21,23). The molecular weight excluding hydrogens is 364 g/mol. The van der Waals surface area contributed by atoms with E-state index in [0.717, 1.165) is 19.1 Å². The van der Waals surface area contributed by atoms with Crippen LogP contribution in [-0.2, 0) is 14.8 Å².